The molecule has 0 radical (unpaired) electrons. The van der Waals surface area contributed by atoms with Crippen molar-refractivity contribution in [2.75, 3.05) is 12.3 Å². The fourth-order valence-corrected chi connectivity index (χ4v) is 2.09. The van der Waals surface area contributed by atoms with Crippen LogP contribution in [0, 0.1) is 18.3 Å². The van der Waals surface area contributed by atoms with E-state index in [1.54, 1.807) is 13.0 Å². The van der Waals surface area contributed by atoms with Gasteiger partial charge in [0.2, 0.25) is 0 Å². The zero-order chi connectivity index (χ0) is 15.1. The molecule has 1 fully saturated rings. The Morgan fingerprint density at radius 2 is 2.30 bits per heavy atom. The lowest BCUT2D eigenvalue weighted by Crippen LogP contribution is -2.49. The number of hydrogen-bond donors (Lipinski definition) is 4. The first-order chi connectivity index (χ1) is 9.37. The van der Waals surface area contributed by atoms with Gasteiger partial charge in [0, 0.05) is 11.8 Å². The number of ether oxygens (including phenoxy) is 1. The number of aliphatic hydroxyl groups excluding tert-OH is 3. The van der Waals surface area contributed by atoms with Crippen molar-refractivity contribution in [1.29, 1.82) is 5.26 Å². The summed E-state index contributed by atoms with van der Waals surface area (Å²) in [6.45, 7) is 0.947. The number of nitrogens with two attached hydrogens (primary N) is 1. The van der Waals surface area contributed by atoms with Crippen molar-refractivity contribution in [2.24, 2.45) is 0 Å². The summed E-state index contributed by atoms with van der Waals surface area (Å²) in [6, 6.07) is 1.66. The van der Waals surface area contributed by atoms with E-state index in [4.69, 9.17) is 15.6 Å². The third-order valence-electron chi connectivity index (χ3n) is 3.28. The lowest BCUT2D eigenvalue weighted by Gasteiger charge is -2.26. The number of aryl methyl sites for hydroxylation is 1. The van der Waals surface area contributed by atoms with Crippen LogP contribution in [0.2, 0.25) is 0 Å². The Labute approximate surface area is 113 Å². The predicted molar refractivity (Wildman–Crippen MR) is 65.2 cm³/mol. The van der Waals surface area contributed by atoms with E-state index in [0.717, 1.165) is 4.57 Å². The molecule has 1 aliphatic heterocycles. The summed E-state index contributed by atoms with van der Waals surface area (Å²) < 4.78 is 5.97. The van der Waals surface area contributed by atoms with Gasteiger partial charge < -0.3 is 25.8 Å². The van der Waals surface area contributed by atoms with Gasteiger partial charge in [0.15, 0.2) is 0 Å². The molecule has 0 unspecified atom stereocenters. The molecule has 9 heteroatoms. The van der Waals surface area contributed by atoms with Crippen LogP contribution in [0.25, 0.3) is 0 Å². The number of aromatic nitrogens is 2. The van der Waals surface area contributed by atoms with Crippen molar-refractivity contribution >= 4 is 5.82 Å². The number of aliphatic hydroxyl groups is 3. The molecular formula is C11H14N4O5. The highest BCUT2D eigenvalue weighted by Gasteiger charge is 2.56. The zero-order valence-corrected chi connectivity index (χ0v) is 10.6. The number of nitrogens with zero attached hydrogens (tertiary/aromatic N) is 3. The summed E-state index contributed by atoms with van der Waals surface area (Å²) in [7, 11) is 0. The van der Waals surface area contributed by atoms with Crippen molar-refractivity contribution in [3.63, 3.8) is 0 Å². The van der Waals surface area contributed by atoms with E-state index in [0.29, 0.717) is 5.56 Å². The molecule has 0 saturated carbocycles. The van der Waals surface area contributed by atoms with Crippen molar-refractivity contribution in [3.8, 4) is 6.07 Å². The molecule has 1 aromatic heterocycles. The summed E-state index contributed by atoms with van der Waals surface area (Å²) in [5.41, 5.74) is 2.83. The van der Waals surface area contributed by atoms with Gasteiger partial charge in [-0.3, -0.25) is 4.57 Å². The van der Waals surface area contributed by atoms with Gasteiger partial charge in [-0.1, -0.05) is 0 Å². The molecule has 0 aromatic carbocycles. The molecule has 2 rings (SSSR count). The van der Waals surface area contributed by atoms with Crippen LogP contribution in [0.3, 0.4) is 0 Å². The van der Waals surface area contributed by atoms with Crippen molar-refractivity contribution in [1.82, 2.24) is 9.55 Å². The van der Waals surface area contributed by atoms with Crippen LogP contribution in [-0.2, 0) is 10.5 Å². The van der Waals surface area contributed by atoms with E-state index in [9.17, 15) is 20.3 Å². The predicted octanol–water partition coefficient (Wildman–Crippen LogP) is -2.58. The van der Waals surface area contributed by atoms with Crippen LogP contribution in [0.15, 0.2) is 11.0 Å². The van der Waals surface area contributed by atoms with Crippen LogP contribution in [0.4, 0.5) is 5.82 Å². The minimum atomic E-state index is -2.16. The molecule has 1 saturated heterocycles. The van der Waals surface area contributed by atoms with E-state index in [1.807, 2.05) is 0 Å². The minimum Gasteiger partial charge on any atom is -0.394 e. The van der Waals surface area contributed by atoms with E-state index in [-0.39, 0.29) is 5.82 Å². The van der Waals surface area contributed by atoms with Gasteiger partial charge in [0.1, 0.15) is 30.2 Å². The quantitative estimate of drug-likeness (QED) is 0.461. The maximum atomic E-state index is 11.9. The second kappa shape index (κ2) is 4.84. The number of nitriles is 1. The number of rotatable bonds is 2. The lowest BCUT2D eigenvalue weighted by molar-refractivity contribution is -0.109. The first-order valence-electron chi connectivity index (χ1n) is 5.79. The van der Waals surface area contributed by atoms with Gasteiger partial charge in [0.05, 0.1) is 6.61 Å². The fraction of sp³-hybridized carbons (Fsp3) is 0.545. The third-order valence-corrected chi connectivity index (χ3v) is 3.28. The van der Waals surface area contributed by atoms with Crippen molar-refractivity contribution < 1.29 is 20.1 Å². The topological polar surface area (TPSA) is 155 Å². The Bertz CT molecular complexity index is 624. The Kier molecular flexibility index (Phi) is 3.49. The van der Waals surface area contributed by atoms with Gasteiger partial charge in [-0.15, -0.1) is 0 Å². The molecule has 0 amide bonds. The molecule has 5 N–H and O–H groups in total. The average molecular weight is 282 g/mol. The molecule has 9 nitrogen and oxygen atoms in total. The molecule has 0 aliphatic carbocycles. The molecule has 4 atom stereocenters. The molecule has 1 aromatic rings. The molecule has 20 heavy (non-hydrogen) atoms. The first kappa shape index (κ1) is 14.4. The SMILES string of the molecule is Cc1cn([C@]2(C#N)O[C@H](CO)[C@@H](O)[C@H]2O)c(=O)nc1N. The maximum absolute atomic E-state index is 11.9. The largest absolute Gasteiger partial charge is 0.394 e. The van der Waals surface area contributed by atoms with Crippen molar-refractivity contribution in [3.05, 3.63) is 22.2 Å². The maximum Gasteiger partial charge on any atom is 0.352 e. The van der Waals surface area contributed by atoms with E-state index < -0.39 is 36.3 Å². The molecule has 0 spiro atoms. The highest BCUT2D eigenvalue weighted by molar-refractivity contribution is 5.35. The fourth-order valence-electron chi connectivity index (χ4n) is 2.09. The molecule has 0 bridgehead atoms. The normalized spacial score (nSPS) is 33.0. The summed E-state index contributed by atoms with van der Waals surface area (Å²) in [5.74, 6) is -0.00826. The van der Waals surface area contributed by atoms with Crippen molar-refractivity contribution in [2.45, 2.75) is 31.0 Å². The Morgan fingerprint density at radius 1 is 1.65 bits per heavy atom. The highest BCUT2D eigenvalue weighted by Crippen LogP contribution is 2.34. The van der Waals surface area contributed by atoms with Gasteiger partial charge in [0.25, 0.3) is 5.72 Å². The smallest absolute Gasteiger partial charge is 0.352 e. The third kappa shape index (κ3) is 1.86. The molecule has 108 valence electrons. The summed E-state index contributed by atoms with van der Waals surface area (Å²) in [4.78, 5) is 15.4. The number of anilines is 1. The standard InChI is InChI=1S/C11H14N4O5/c1-5-2-15(10(19)14-9(5)13)11(4-12)8(18)7(17)6(3-16)20-11/h2,6-8,16-18H,3H2,1H3,(H2,13,14,19)/t6-,7-,8-,11-/m1/s1. The average Bonchev–Trinajstić information content (AvgIpc) is 2.68. The van der Waals surface area contributed by atoms with Gasteiger partial charge in [-0.05, 0) is 6.92 Å². The van der Waals surface area contributed by atoms with Crippen LogP contribution in [0.1, 0.15) is 5.56 Å². The van der Waals surface area contributed by atoms with Crippen LogP contribution < -0.4 is 11.4 Å². The summed E-state index contributed by atoms with van der Waals surface area (Å²) >= 11 is 0. The Hall–Kier alpha value is -1.99. The van der Waals surface area contributed by atoms with Crippen LogP contribution in [-0.4, -0.2) is 49.8 Å². The van der Waals surface area contributed by atoms with Gasteiger partial charge in [-0.2, -0.15) is 10.2 Å². The summed E-state index contributed by atoms with van der Waals surface area (Å²) in [6.07, 6.45) is -3.20. The zero-order valence-electron chi connectivity index (χ0n) is 10.6. The number of nitrogen functional groups attached to an aromatic ring is 1. The minimum absolute atomic E-state index is 0.00826. The monoisotopic (exact) mass is 282 g/mol. The first-order valence-corrected chi connectivity index (χ1v) is 5.79. The second-order valence-electron chi connectivity index (χ2n) is 4.54. The highest BCUT2D eigenvalue weighted by atomic mass is 16.6. The molecule has 1 aliphatic rings. The Balaban J connectivity index is 2.62. The van der Waals surface area contributed by atoms with Gasteiger partial charge >= 0.3 is 5.69 Å². The number of hydrogen-bond acceptors (Lipinski definition) is 8. The van der Waals surface area contributed by atoms with E-state index >= 15 is 0 Å². The van der Waals surface area contributed by atoms with Crippen LogP contribution in [0.5, 0.6) is 0 Å². The van der Waals surface area contributed by atoms with Gasteiger partial charge in [-0.25, -0.2) is 4.79 Å². The lowest BCUT2D eigenvalue weighted by atomic mass is 10.0. The Morgan fingerprint density at radius 3 is 2.80 bits per heavy atom. The van der Waals surface area contributed by atoms with Crippen LogP contribution >= 0.6 is 0 Å². The molecular weight excluding hydrogens is 268 g/mol. The molecule has 2 heterocycles. The second-order valence-corrected chi connectivity index (χ2v) is 4.54. The summed E-state index contributed by atoms with van der Waals surface area (Å²) in [5, 5.41) is 38.2. The van der Waals surface area contributed by atoms with E-state index in [2.05, 4.69) is 4.98 Å². The van der Waals surface area contributed by atoms with E-state index in [1.165, 1.54) is 6.20 Å².